The number of benzene rings is 1. The molecule has 0 aromatic heterocycles. The molecule has 1 aromatic carbocycles. The van der Waals surface area contributed by atoms with E-state index in [4.69, 9.17) is 23.2 Å². The maximum atomic E-state index is 11.3. The van der Waals surface area contributed by atoms with Gasteiger partial charge in [-0.3, -0.25) is 19.7 Å². The summed E-state index contributed by atoms with van der Waals surface area (Å²) < 4.78 is 0. The Labute approximate surface area is 124 Å². The summed E-state index contributed by atoms with van der Waals surface area (Å²) in [6.07, 6.45) is -0.853. The number of rotatable bonds is 6. The van der Waals surface area contributed by atoms with E-state index in [9.17, 15) is 19.7 Å². The number of non-ortho nitro benzene ring substituents is 1. The van der Waals surface area contributed by atoms with Crippen LogP contribution in [0.4, 0.5) is 5.69 Å². The molecule has 9 heteroatoms. The highest BCUT2D eigenvalue weighted by Crippen LogP contribution is 2.16. The molecule has 0 saturated carbocycles. The second-order valence-corrected chi connectivity index (χ2v) is 4.22. The van der Waals surface area contributed by atoms with Crippen LogP contribution in [0.15, 0.2) is 24.3 Å². The van der Waals surface area contributed by atoms with Crippen molar-refractivity contribution in [3.8, 4) is 0 Å². The lowest BCUT2D eigenvalue weighted by atomic mass is 10.1. The molecule has 0 saturated heterocycles. The fraction of sp³-hybridized carbons (Fsp3) is 0.273. The van der Waals surface area contributed by atoms with Gasteiger partial charge in [-0.05, 0) is 17.7 Å². The highest BCUT2D eigenvalue weighted by molar-refractivity contribution is 6.27. The zero-order chi connectivity index (χ0) is 15.1. The molecular weight excluding hydrogens is 309 g/mol. The highest BCUT2D eigenvalue weighted by atomic mass is 35.5. The minimum Gasteiger partial charge on any atom is -0.331 e. The molecule has 0 atom stereocenters. The minimum absolute atomic E-state index is 0.0974. The third-order valence-corrected chi connectivity index (χ3v) is 2.78. The molecule has 0 fully saturated rings. The van der Waals surface area contributed by atoms with Crippen LogP contribution in [-0.4, -0.2) is 28.5 Å². The second-order valence-electron chi connectivity index (χ2n) is 3.68. The van der Waals surface area contributed by atoms with Gasteiger partial charge < -0.3 is 10.6 Å². The van der Waals surface area contributed by atoms with Crippen LogP contribution in [0.2, 0.25) is 0 Å². The number of halogens is 2. The van der Waals surface area contributed by atoms with Gasteiger partial charge in [-0.25, -0.2) is 0 Å². The number of nitro benzene ring substituents is 1. The second kappa shape index (κ2) is 7.66. The van der Waals surface area contributed by atoms with Gasteiger partial charge in [0.1, 0.15) is 17.9 Å². The quantitative estimate of drug-likeness (QED) is 0.357. The summed E-state index contributed by atoms with van der Waals surface area (Å²) in [6, 6.07) is 5.38. The molecule has 1 rings (SSSR count). The number of nitrogens with one attached hydrogen (secondary N) is 2. The van der Waals surface area contributed by atoms with E-state index in [1.807, 2.05) is 0 Å². The molecule has 0 bridgehead atoms. The molecule has 2 N–H and O–H groups in total. The van der Waals surface area contributed by atoms with E-state index in [0.717, 1.165) is 0 Å². The monoisotopic (exact) mass is 319 g/mol. The van der Waals surface area contributed by atoms with Crippen molar-refractivity contribution >= 4 is 40.7 Å². The van der Waals surface area contributed by atoms with E-state index in [1.165, 1.54) is 24.3 Å². The van der Waals surface area contributed by atoms with E-state index < -0.39 is 22.9 Å². The van der Waals surface area contributed by atoms with Crippen LogP contribution in [0.5, 0.6) is 0 Å². The predicted molar refractivity (Wildman–Crippen MR) is 73.6 cm³/mol. The van der Waals surface area contributed by atoms with Gasteiger partial charge in [0.15, 0.2) is 0 Å². The van der Waals surface area contributed by atoms with Crippen LogP contribution < -0.4 is 10.6 Å². The number of carbonyl (C=O) groups is 2. The van der Waals surface area contributed by atoms with Crippen LogP contribution in [-0.2, 0) is 9.59 Å². The highest BCUT2D eigenvalue weighted by Gasteiger charge is 2.17. The number of hydrogen-bond donors (Lipinski definition) is 2. The summed E-state index contributed by atoms with van der Waals surface area (Å²) in [5.74, 6) is -1.55. The number of nitrogens with zero attached hydrogens (tertiary/aromatic N) is 1. The SMILES string of the molecule is O=C(CCl)NC(NC(=O)CCl)c1ccc([N+](=O)[O-])cc1. The van der Waals surface area contributed by atoms with Crippen molar-refractivity contribution in [3.05, 3.63) is 39.9 Å². The van der Waals surface area contributed by atoms with Crippen molar-refractivity contribution in [2.75, 3.05) is 11.8 Å². The van der Waals surface area contributed by atoms with Gasteiger partial charge in [-0.2, -0.15) is 0 Å². The maximum Gasteiger partial charge on any atom is 0.269 e. The average Bonchev–Trinajstić information content (AvgIpc) is 2.46. The van der Waals surface area contributed by atoms with Gasteiger partial charge in [-0.1, -0.05) is 0 Å². The molecule has 0 heterocycles. The largest absolute Gasteiger partial charge is 0.331 e. The Kier molecular flexibility index (Phi) is 6.20. The number of alkyl halides is 2. The first-order chi connectivity index (χ1) is 9.47. The molecule has 20 heavy (non-hydrogen) atoms. The van der Waals surface area contributed by atoms with Crippen LogP contribution in [0.1, 0.15) is 11.7 Å². The molecule has 0 unspecified atom stereocenters. The van der Waals surface area contributed by atoms with Crippen molar-refractivity contribution in [2.45, 2.75) is 6.17 Å². The zero-order valence-corrected chi connectivity index (χ0v) is 11.6. The normalized spacial score (nSPS) is 10.2. The first kappa shape index (κ1) is 16.2. The molecule has 1 aromatic rings. The standard InChI is InChI=1S/C11H11Cl2N3O4/c12-5-9(17)14-11(15-10(18)6-13)7-1-3-8(4-2-7)16(19)20/h1-4,11H,5-6H2,(H,14,17)(H,15,18). The molecule has 0 spiro atoms. The van der Waals surface area contributed by atoms with Crippen molar-refractivity contribution in [1.82, 2.24) is 10.6 Å². The molecular formula is C11H11Cl2N3O4. The first-order valence-corrected chi connectivity index (χ1v) is 6.50. The van der Waals surface area contributed by atoms with Gasteiger partial charge in [0.05, 0.1) is 4.92 Å². The fourth-order valence-electron chi connectivity index (χ4n) is 1.39. The molecule has 0 aliphatic rings. The maximum absolute atomic E-state index is 11.3. The lowest BCUT2D eigenvalue weighted by Crippen LogP contribution is -2.42. The molecule has 0 aliphatic carbocycles. The van der Waals surface area contributed by atoms with Gasteiger partial charge in [0.2, 0.25) is 11.8 Å². The van der Waals surface area contributed by atoms with Crippen LogP contribution in [0, 0.1) is 10.1 Å². The van der Waals surface area contributed by atoms with E-state index >= 15 is 0 Å². The molecule has 2 amide bonds. The Balaban J connectivity index is 2.93. The Bertz CT molecular complexity index is 489. The summed E-state index contributed by atoms with van der Waals surface area (Å²) in [5.41, 5.74) is 0.368. The smallest absolute Gasteiger partial charge is 0.269 e. The summed E-state index contributed by atoms with van der Waals surface area (Å²) in [4.78, 5) is 32.6. The minimum atomic E-state index is -0.853. The third kappa shape index (κ3) is 4.67. The topological polar surface area (TPSA) is 101 Å². The summed E-state index contributed by atoms with van der Waals surface area (Å²) in [6.45, 7) is 0. The van der Waals surface area contributed by atoms with Gasteiger partial charge in [0, 0.05) is 12.1 Å². The molecule has 108 valence electrons. The summed E-state index contributed by atoms with van der Waals surface area (Å²) in [5, 5.41) is 15.5. The van der Waals surface area contributed by atoms with Gasteiger partial charge >= 0.3 is 0 Å². The van der Waals surface area contributed by atoms with Crippen LogP contribution in [0.25, 0.3) is 0 Å². The van der Waals surface area contributed by atoms with E-state index in [2.05, 4.69) is 10.6 Å². The number of nitro groups is 1. The van der Waals surface area contributed by atoms with E-state index in [-0.39, 0.29) is 17.4 Å². The van der Waals surface area contributed by atoms with Gasteiger partial charge in [0.25, 0.3) is 5.69 Å². The average molecular weight is 320 g/mol. The third-order valence-electron chi connectivity index (χ3n) is 2.29. The molecule has 0 aliphatic heterocycles. The van der Waals surface area contributed by atoms with Gasteiger partial charge in [-0.15, -0.1) is 23.2 Å². The Hall–Kier alpha value is -1.86. The predicted octanol–water partition coefficient (Wildman–Crippen LogP) is 1.30. The van der Waals surface area contributed by atoms with Crippen LogP contribution >= 0.6 is 23.2 Å². The number of amides is 2. The van der Waals surface area contributed by atoms with Crippen molar-refractivity contribution in [2.24, 2.45) is 0 Å². The lowest BCUT2D eigenvalue weighted by Gasteiger charge is -2.19. The number of carbonyl (C=O) groups excluding carboxylic acids is 2. The Morgan fingerprint density at radius 1 is 1.10 bits per heavy atom. The molecule has 7 nitrogen and oxygen atoms in total. The summed E-state index contributed by atoms with van der Waals surface area (Å²) in [7, 11) is 0. The van der Waals surface area contributed by atoms with Crippen molar-refractivity contribution in [1.29, 1.82) is 0 Å². The van der Waals surface area contributed by atoms with Crippen LogP contribution in [0.3, 0.4) is 0 Å². The van der Waals surface area contributed by atoms with E-state index in [0.29, 0.717) is 5.56 Å². The van der Waals surface area contributed by atoms with Crippen molar-refractivity contribution in [3.63, 3.8) is 0 Å². The zero-order valence-electron chi connectivity index (χ0n) is 10.1. The van der Waals surface area contributed by atoms with E-state index in [1.54, 1.807) is 0 Å². The Morgan fingerprint density at radius 2 is 1.55 bits per heavy atom. The Morgan fingerprint density at radius 3 is 1.90 bits per heavy atom. The summed E-state index contributed by atoms with van der Waals surface area (Å²) >= 11 is 10.8. The van der Waals surface area contributed by atoms with Crippen molar-refractivity contribution < 1.29 is 14.5 Å². The number of hydrogen-bond acceptors (Lipinski definition) is 4. The molecule has 0 radical (unpaired) electrons. The first-order valence-electron chi connectivity index (χ1n) is 5.43. The fourth-order valence-corrected chi connectivity index (χ4v) is 1.54. The lowest BCUT2D eigenvalue weighted by molar-refractivity contribution is -0.384.